The number of para-hydroxylation sites is 1. The van der Waals surface area contributed by atoms with E-state index < -0.39 is 24.4 Å². The van der Waals surface area contributed by atoms with Gasteiger partial charge in [-0.1, -0.05) is 18.2 Å². The minimum atomic E-state index is -0.614. The van der Waals surface area contributed by atoms with Gasteiger partial charge in [-0.15, -0.1) is 0 Å². The number of nitriles is 1. The summed E-state index contributed by atoms with van der Waals surface area (Å²) in [5.41, 5.74) is 0.625. The maximum Gasteiger partial charge on any atom is 0.308 e. The SMILES string of the molecule is N#CCCN(C(=O)COC(=O)CCNC(=O)c1ccco1)c1ccccc1. The Labute approximate surface area is 156 Å². The molecule has 1 N–H and O–H groups in total. The maximum atomic E-state index is 12.3. The molecule has 1 aromatic heterocycles. The van der Waals surface area contributed by atoms with Crippen LogP contribution in [0.5, 0.6) is 0 Å². The molecule has 0 saturated carbocycles. The largest absolute Gasteiger partial charge is 0.459 e. The van der Waals surface area contributed by atoms with Crippen molar-refractivity contribution in [3.05, 3.63) is 54.5 Å². The summed E-state index contributed by atoms with van der Waals surface area (Å²) in [4.78, 5) is 37.2. The molecule has 8 heteroatoms. The van der Waals surface area contributed by atoms with Crippen LogP contribution < -0.4 is 10.2 Å². The van der Waals surface area contributed by atoms with Gasteiger partial charge in [0.1, 0.15) is 0 Å². The summed E-state index contributed by atoms with van der Waals surface area (Å²) in [5, 5.41) is 11.3. The molecule has 8 nitrogen and oxygen atoms in total. The van der Waals surface area contributed by atoms with Crippen LogP contribution >= 0.6 is 0 Å². The van der Waals surface area contributed by atoms with Gasteiger partial charge in [-0.2, -0.15) is 5.26 Å². The van der Waals surface area contributed by atoms with Gasteiger partial charge in [0.05, 0.1) is 25.2 Å². The smallest absolute Gasteiger partial charge is 0.308 e. The van der Waals surface area contributed by atoms with Crippen molar-refractivity contribution in [2.24, 2.45) is 0 Å². The first-order valence-corrected chi connectivity index (χ1v) is 8.31. The third-order valence-electron chi connectivity index (χ3n) is 3.53. The molecule has 0 atom stereocenters. The van der Waals surface area contributed by atoms with Crippen LogP contribution in [0, 0.1) is 11.3 Å². The number of rotatable bonds is 9. The third kappa shape index (κ3) is 6.32. The second-order valence-electron chi connectivity index (χ2n) is 5.43. The summed E-state index contributed by atoms with van der Waals surface area (Å²) in [6.45, 7) is -0.176. The van der Waals surface area contributed by atoms with Gasteiger partial charge in [-0.05, 0) is 24.3 Å². The fourth-order valence-corrected chi connectivity index (χ4v) is 2.23. The second-order valence-corrected chi connectivity index (χ2v) is 5.43. The lowest BCUT2D eigenvalue weighted by Gasteiger charge is -2.21. The van der Waals surface area contributed by atoms with Gasteiger partial charge in [-0.3, -0.25) is 14.4 Å². The Balaban J connectivity index is 1.77. The number of carbonyl (C=O) groups excluding carboxylic acids is 3. The van der Waals surface area contributed by atoms with Crippen molar-refractivity contribution in [1.82, 2.24) is 5.32 Å². The normalized spacial score (nSPS) is 9.89. The highest BCUT2D eigenvalue weighted by molar-refractivity contribution is 5.95. The summed E-state index contributed by atoms with van der Waals surface area (Å²) >= 11 is 0. The van der Waals surface area contributed by atoms with Crippen LogP contribution in [0.1, 0.15) is 23.4 Å². The first-order chi connectivity index (χ1) is 13.1. The fourth-order valence-electron chi connectivity index (χ4n) is 2.23. The Bertz CT molecular complexity index is 797. The monoisotopic (exact) mass is 369 g/mol. The van der Waals surface area contributed by atoms with Crippen molar-refractivity contribution >= 4 is 23.5 Å². The zero-order chi connectivity index (χ0) is 19.5. The predicted octanol–water partition coefficient (Wildman–Crippen LogP) is 1.89. The van der Waals surface area contributed by atoms with Gasteiger partial charge in [0.15, 0.2) is 12.4 Å². The third-order valence-corrected chi connectivity index (χ3v) is 3.53. The highest BCUT2D eigenvalue weighted by Gasteiger charge is 2.17. The molecule has 0 aliphatic heterocycles. The molecule has 0 spiro atoms. The lowest BCUT2D eigenvalue weighted by atomic mass is 10.2. The van der Waals surface area contributed by atoms with Crippen molar-refractivity contribution < 1.29 is 23.5 Å². The average molecular weight is 369 g/mol. The first-order valence-electron chi connectivity index (χ1n) is 8.31. The molecule has 0 saturated heterocycles. The number of furan rings is 1. The Hall–Kier alpha value is -3.60. The van der Waals surface area contributed by atoms with E-state index in [0.29, 0.717) is 5.69 Å². The Morgan fingerprint density at radius 3 is 2.59 bits per heavy atom. The van der Waals surface area contributed by atoms with E-state index in [2.05, 4.69) is 5.32 Å². The van der Waals surface area contributed by atoms with E-state index in [9.17, 15) is 14.4 Å². The van der Waals surface area contributed by atoms with E-state index in [1.165, 1.54) is 17.2 Å². The summed E-state index contributed by atoms with van der Waals surface area (Å²) in [5.74, 6) is -1.33. The number of hydrogen-bond donors (Lipinski definition) is 1. The predicted molar refractivity (Wildman–Crippen MR) is 95.6 cm³/mol. The summed E-state index contributed by atoms with van der Waals surface area (Å²) in [6.07, 6.45) is 1.45. The van der Waals surface area contributed by atoms with Gasteiger partial charge in [-0.25, -0.2) is 0 Å². The van der Waals surface area contributed by atoms with Crippen molar-refractivity contribution in [3.8, 4) is 6.07 Å². The van der Waals surface area contributed by atoms with Crippen LogP contribution in [0.25, 0.3) is 0 Å². The number of benzene rings is 1. The van der Waals surface area contributed by atoms with Gasteiger partial charge < -0.3 is 19.4 Å². The second kappa shape index (κ2) is 10.4. The number of nitrogens with one attached hydrogen (secondary N) is 1. The first kappa shape index (κ1) is 19.7. The molecule has 0 aliphatic rings. The minimum Gasteiger partial charge on any atom is -0.459 e. The molecule has 0 fully saturated rings. The molecular formula is C19H19N3O5. The zero-order valence-corrected chi connectivity index (χ0v) is 14.6. The number of anilines is 1. The summed E-state index contributed by atoms with van der Waals surface area (Å²) in [6, 6.07) is 13.9. The van der Waals surface area contributed by atoms with Crippen molar-refractivity contribution in [1.29, 1.82) is 5.26 Å². The summed E-state index contributed by atoms with van der Waals surface area (Å²) in [7, 11) is 0. The molecule has 1 aromatic carbocycles. The number of ether oxygens (including phenoxy) is 1. The van der Waals surface area contributed by atoms with Crippen LogP contribution in [0.3, 0.4) is 0 Å². The van der Waals surface area contributed by atoms with E-state index in [1.807, 2.05) is 12.1 Å². The van der Waals surface area contributed by atoms with E-state index in [1.54, 1.807) is 30.3 Å². The number of nitrogens with zero attached hydrogens (tertiary/aromatic N) is 2. The summed E-state index contributed by atoms with van der Waals surface area (Å²) < 4.78 is 9.90. The lowest BCUT2D eigenvalue weighted by molar-refractivity contribution is -0.147. The standard InChI is InChI=1S/C19H19N3O5/c20-10-5-12-22(15-6-2-1-3-7-15)17(23)14-27-18(24)9-11-21-19(25)16-8-4-13-26-16/h1-4,6-8,13H,5,9,11-12,14H2,(H,21,25). The molecule has 0 unspecified atom stereocenters. The molecule has 27 heavy (non-hydrogen) atoms. The fraction of sp³-hybridized carbons (Fsp3) is 0.263. The Morgan fingerprint density at radius 2 is 1.93 bits per heavy atom. The van der Waals surface area contributed by atoms with E-state index in [4.69, 9.17) is 14.4 Å². The van der Waals surface area contributed by atoms with E-state index >= 15 is 0 Å². The van der Waals surface area contributed by atoms with Crippen LogP contribution in [0.15, 0.2) is 53.1 Å². The molecule has 1 heterocycles. The lowest BCUT2D eigenvalue weighted by Crippen LogP contribution is -2.35. The minimum absolute atomic E-state index is 0.0589. The quantitative estimate of drug-likeness (QED) is 0.676. The number of hydrogen-bond acceptors (Lipinski definition) is 6. The van der Waals surface area contributed by atoms with Gasteiger partial charge in [0.25, 0.3) is 11.8 Å². The topological polar surface area (TPSA) is 113 Å². The maximum absolute atomic E-state index is 12.3. The van der Waals surface area contributed by atoms with Gasteiger partial charge in [0.2, 0.25) is 0 Å². The highest BCUT2D eigenvalue weighted by Crippen LogP contribution is 2.14. The number of carbonyl (C=O) groups is 3. The van der Waals surface area contributed by atoms with Crippen LogP contribution in [0.2, 0.25) is 0 Å². The van der Waals surface area contributed by atoms with Crippen molar-refractivity contribution in [3.63, 3.8) is 0 Å². The van der Waals surface area contributed by atoms with Crippen LogP contribution in [-0.4, -0.2) is 37.5 Å². The highest BCUT2D eigenvalue weighted by atomic mass is 16.5. The van der Waals surface area contributed by atoms with Gasteiger partial charge in [0, 0.05) is 18.8 Å². The van der Waals surface area contributed by atoms with E-state index in [-0.39, 0.29) is 31.7 Å². The van der Waals surface area contributed by atoms with Gasteiger partial charge >= 0.3 is 5.97 Å². The molecule has 2 rings (SSSR count). The van der Waals surface area contributed by atoms with Crippen molar-refractivity contribution in [2.75, 3.05) is 24.6 Å². The zero-order valence-electron chi connectivity index (χ0n) is 14.6. The van der Waals surface area contributed by atoms with Crippen LogP contribution in [0.4, 0.5) is 5.69 Å². The Kier molecular flexibility index (Phi) is 7.60. The molecular weight excluding hydrogens is 350 g/mol. The van der Waals surface area contributed by atoms with E-state index in [0.717, 1.165) is 0 Å². The molecule has 0 aliphatic carbocycles. The molecule has 0 bridgehead atoms. The molecule has 2 aromatic rings. The average Bonchev–Trinajstić information content (AvgIpc) is 3.22. The molecule has 140 valence electrons. The Morgan fingerprint density at radius 1 is 1.15 bits per heavy atom. The molecule has 2 amide bonds. The number of amides is 2. The van der Waals surface area contributed by atoms with Crippen LogP contribution in [-0.2, 0) is 14.3 Å². The molecule has 0 radical (unpaired) electrons. The van der Waals surface area contributed by atoms with Crippen molar-refractivity contribution in [2.45, 2.75) is 12.8 Å². The number of esters is 1.